The fourth-order valence-corrected chi connectivity index (χ4v) is 2.13. The van der Waals surface area contributed by atoms with E-state index in [0.29, 0.717) is 19.4 Å². The second-order valence-electron chi connectivity index (χ2n) is 4.27. The van der Waals surface area contributed by atoms with Crippen LogP contribution in [0.2, 0.25) is 0 Å². The summed E-state index contributed by atoms with van der Waals surface area (Å²) in [6, 6.07) is 0. The molecule has 0 bridgehead atoms. The third-order valence-electron chi connectivity index (χ3n) is 3.41. The molecule has 92 valence electrons. The first kappa shape index (κ1) is 11.6. The average Bonchev–Trinajstić information content (AvgIpc) is 2.98. The number of H-pyrrole nitrogens is 1. The Morgan fingerprint density at radius 1 is 1.65 bits per heavy atom. The van der Waals surface area contributed by atoms with E-state index in [2.05, 4.69) is 15.4 Å². The number of amides is 1. The van der Waals surface area contributed by atoms with Crippen LogP contribution in [0.3, 0.4) is 0 Å². The molecular weight excluding hydrogens is 224 g/mol. The van der Waals surface area contributed by atoms with Gasteiger partial charge in [0, 0.05) is 13.1 Å². The highest BCUT2D eigenvalue weighted by Crippen LogP contribution is 2.34. The predicted molar refractivity (Wildman–Crippen MR) is 57.3 cm³/mol. The molecule has 1 saturated heterocycles. The van der Waals surface area contributed by atoms with Gasteiger partial charge in [0.15, 0.2) is 5.69 Å². The number of aromatic amines is 1. The quantitative estimate of drug-likeness (QED) is 0.779. The van der Waals surface area contributed by atoms with Crippen molar-refractivity contribution < 1.29 is 14.7 Å². The summed E-state index contributed by atoms with van der Waals surface area (Å²) in [7, 11) is 0. The summed E-state index contributed by atoms with van der Waals surface area (Å²) < 4.78 is 0. The Morgan fingerprint density at radius 2 is 2.41 bits per heavy atom. The van der Waals surface area contributed by atoms with Crippen LogP contribution < -0.4 is 0 Å². The van der Waals surface area contributed by atoms with Crippen LogP contribution in [-0.4, -0.2) is 50.4 Å². The minimum atomic E-state index is -0.838. The number of aromatic nitrogens is 3. The lowest BCUT2D eigenvalue weighted by atomic mass is 9.84. The molecule has 0 aliphatic carbocycles. The molecular formula is C10H14N4O3. The van der Waals surface area contributed by atoms with E-state index in [1.54, 1.807) is 0 Å². The Morgan fingerprint density at radius 3 is 2.88 bits per heavy atom. The highest BCUT2D eigenvalue weighted by atomic mass is 16.4. The zero-order chi connectivity index (χ0) is 12.5. The van der Waals surface area contributed by atoms with Gasteiger partial charge >= 0.3 is 5.97 Å². The van der Waals surface area contributed by atoms with Crippen molar-refractivity contribution in [1.29, 1.82) is 0 Å². The Hall–Kier alpha value is -1.92. The predicted octanol–water partition coefficient (Wildman–Crippen LogP) is 0.132. The van der Waals surface area contributed by atoms with Gasteiger partial charge in [-0.05, 0) is 12.8 Å². The Kier molecular flexibility index (Phi) is 2.83. The van der Waals surface area contributed by atoms with E-state index in [4.69, 9.17) is 0 Å². The van der Waals surface area contributed by atoms with Crippen LogP contribution in [0.15, 0.2) is 6.20 Å². The van der Waals surface area contributed by atoms with Gasteiger partial charge in [0.2, 0.25) is 0 Å². The number of hydrogen-bond donors (Lipinski definition) is 2. The van der Waals surface area contributed by atoms with Gasteiger partial charge in [0.1, 0.15) is 0 Å². The number of carboxylic acid groups (broad SMARTS) is 1. The molecule has 0 spiro atoms. The van der Waals surface area contributed by atoms with Crippen LogP contribution in [0.25, 0.3) is 0 Å². The summed E-state index contributed by atoms with van der Waals surface area (Å²) in [4.78, 5) is 24.7. The van der Waals surface area contributed by atoms with Gasteiger partial charge in [-0.3, -0.25) is 9.59 Å². The molecule has 0 radical (unpaired) electrons. The summed E-state index contributed by atoms with van der Waals surface area (Å²) in [5.74, 6) is -1.11. The monoisotopic (exact) mass is 238 g/mol. The first-order chi connectivity index (χ1) is 8.09. The lowest BCUT2D eigenvalue weighted by Crippen LogP contribution is -2.36. The van der Waals surface area contributed by atoms with Crippen molar-refractivity contribution in [1.82, 2.24) is 20.3 Å². The fourth-order valence-electron chi connectivity index (χ4n) is 2.13. The molecule has 7 nitrogen and oxygen atoms in total. The summed E-state index contributed by atoms with van der Waals surface area (Å²) in [6.45, 7) is 2.52. The van der Waals surface area contributed by atoms with Crippen molar-refractivity contribution in [3.63, 3.8) is 0 Å². The number of rotatable bonds is 3. The standard InChI is InChI=1S/C10H14N4O3/c1-2-10(9(16)17)3-4-14(6-10)8(15)7-5-11-13-12-7/h5H,2-4,6H2,1H3,(H,16,17)(H,11,12,13). The van der Waals surface area contributed by atoms with Crippen LogP contribution in [0.1, 0.15) is 30.3 Å². The van der Waals surface area contributed by atoms with Gasteiger partial charge in [0.25, 0.3) is 5.91 Å². The molecule has 0 aromatic carbocycles. The van der Waals surface area contributed by atoms with E-state index >= 15 is 0 Å². The summed E-state index contributed by atoms with van der Waals surface area (Å²) in [6.07, 6.45) is 2.35. The molecule has 1 aromatic rings. The molecule has 2 heterocycles. The highest BCUT2D eigenvalue weighted by Gasteiger charge is 2.45. The summed E-state index contributed by atoms with van der Waals surface area (Å²) in [5, 5.41) is 18.9. The second-order valence-corrected chi connectivity index (χ2v) is 4.27. The third-order valence-corrected chi connectivity index (χ3v) is 3.41. The maximum Gasteiger partial charge on any atom is 0.311 e. The highest BCUT2D eigenvalue weighted by molar-refractivity contribution is 5.92. The van der Waals surface area contributed by atoms with Gasteiger partial charge in [-0.25, -0.2) is 0 Å². The number of nitrogens with zero attached hydrogens (tertiary/aromatic N) is 3. The second kappa shape index (κ2) is 4.15. The molecule has 1 fully saturated rings. The van der Waals surface area contributed by atoms with Crippen LogP contribution in [0.5, 0.6) is 0 Å². The molecule has 2 rings (SSSR count). The number of carbonyl (C=O) groups excluding carboxylic acids is 1. The lowest BCUT2D eigenvalue weighted by Gasteiger charge is -2.22. The van der Waals surface area contributed by atoms with E-state index in [-0.39, 0.29) is 18.1 Å². The minimum Gasteiger partial charge on any atom is -0.481 e. The minimum absolute atomic E-state index is 0.224. The largest absolute Gasteiger partial charge is 0.481 e. The van der Waals surface area contributed by atoms with Crippen molar-refractivity contribution in [2.75, 3.05) is 13.1 Å². The van der Waals surface area contributed by atoms with E-state index < -0.39 is 11.4 Å². The maximum absolute atomic E-state index is 11.9. The van der Waals surface area contributed by atoms with Crippen molar-refractivity contribution in [2.24, 2.45) is 5.41 Å². The van der Waals surface area contributed by atoms with Crippen molar-refractivity contribution in [3.05, 3.63) is 11.9 Å². The Balaban J connectivity index is 2.12. The van der Waals surface area contributed by atoms with Gasteiger partial charge in [-0.15, -0.1) is 0 Å². The normalized spacial score (nSPS) is 23.9. The first-order valence-electron chi connectivity index (χ1n) is 5.47. The number of carbonyl (C=O) groups is 2. The summed E-state index contributed by atoms with van der Waals surface area (Å²) >= 11 is 0. The first-order valence-corrected chi connectivity index (χ1v) is 5.47. The molecule has 1 amide bonds. The van der Waals surface area contributed by atoms with Crippen molar-refractivity contribution >= 4 is 11.9 Å². The topological polar surface area (TPSA) is 99.2 Å². The van der Waals surface area contributed by atoms with E-state index in [0.717, 1.165) is 0 Å². The molecule has 7 heteroatoms. The van der Waals surface area contributed by atoms with Crippen molar-refractivity contribution in [2.45, 2.75) is 19.8 Å². The number of carboxylic acids is 1. The van der Waals surface area contributed by atoms with Crippen LogP contribution in [-0.2, 0) is 4.79 Å². The maximum atomic E-state index is 11.9. The molecule has 1 atom stereocenters. The van der Waals surface area contributed by atoms with Crippen LogP contribution in [0, 0.1) is 5.41 Å². The lowest BCUT2D eigenvalue weighted by molar-refractivity contribution is -0.148. The van der Waals surface area contributed by atoms with Crippen LogP contribution in [0.4, 0.5) is 0 Å². The molecule has 2 N–H and O–H groups in total. The Bertz CT molecular complexity index is 431. The number of nitrogens with one attached hydrogen (secondary N) is 1. The van der Waals surface area contributed by atoms with Gasteiger partial charge in [-0.1, -0.05) is 6.92 Å². The number of likely N-dealkylation sites (tertiary alicyclic amines) is 1. The zero-order valence-electron chi connectivity index (χ0n) is 9.51. The van der Waals surface area contributed by atoms with Crippen LogP contribution >= 0.6 is 0 Å². The van der Waals surface area contributed by atoms with Gasteiger partial charge in [0.05, 0.1) is 11.6 Å². The van der Waals surface area contributed by atoms with Crippen molar-refractivity contribution in [3.8, 4) is 0 Å². The molecule has 17 heavy (non-hydrogen) atoms. The molecule has 1 aromatic heterocycles. The molecule has 0 saturated carbocycles. The van der Waals surface area contributed by atoms with E-state index in [1.807, 2.05) is 6.92 Å². The van der Waals surface area contributed by atoms with E-state index in [1.165, 1.54) is 11.1 Å². The number of aliphatic carboxylic acids is 1. The fraction of sp³-hybridized carbons (Fsp3) is 0.600. The smallest absolute Gasteiger partial charge is 0.311 e. The Labute approximate surface area is 97.8 Å². The zero-order valence-corrected chi connectivity index (χ0v) is 9.51. The number of hydrogen-bond acceptors (Lipinski definition) is 4. The van der Waals surface area contributed by atoms with Gasteiger partial charge < -0.3 is 10.0 Å². The van der Waals surface area contributed by atoms with E-state index in [9.17, 15) is 14.7 Å². The molecule has 1 aliphatic rings. The van der Waals surface area contributed by atoms with Gasteiger partial charge in [-0.2, -0.15) is 15.4 Å². The summed E-state index contributed by atoms with van der Waals surface area (Å²) in [5.41, 5.74) is -0.582. The SMILES string of the molecule is CCC1(C(=O)O)CCN(C(=O)c2cn[nH]n2)C1. The molecule has 1 aliphatic heterocycles. The molecule has 1 unspecified atom stereocenters. The third kappa shape index (κ3) is 1.88. The average molecular weight is 238 g/mol.